The number of amides is 3. The fourth-order valence-corrected chi connectivity index (χ4v) is 5.71. The molecule has 0 aromatic heterocycles. The molecule has 0 radical (unpaired) electrons. The van der Waals surface area contributed by atoms with Crippen LogP contribution in [0.5, 0.6) is 0 Å². The Morgan fingerprint density at radius 3 is 2.27 bits per heavy atom. The molecule has 2 aromatic rings. The van der Waals surface area contributed by atoms with E-state index >= 15 is 0 Å². The van der Waals surface area contributed by atoms with Crippen molar-refractivity contribution in [2.75, 3.05) is 19.6 Å². The molecular formula is C33H47ClN4O3. The van der Waals surface area contributed by atoms with E-state index in [1.165, 1.54) is 25.7 Å². The lowest BCUT2D eigenvalue weighted by Gasteiger charge is -2.28. The fourth-order valence-electron chi connectivity index (χ4n) is 5.58. The quantitative estimate of drug-likeness (QED) is 0.254. The second-order valence-corrected chi connectivity index (χ2v) is 11.9. The van der Waals surface area contributed by atoms with E-state index < -0.39 is 12.1 Å². The summed E-state index contributed by atoms with van der Waals surface area (Å²) in [6, 6.07) is 13.4. The molecule has 7 nitrogen and oxygen atoms in total. The number of nitrogens with two attached hydrogens (primary N) is 1. The van der Waals surface area contributed by atoms with Gasteiger partial charge in [-0.1, -0.05) is 63.4 Å². The predicted octanol–water partition coefficient (Wildman–Crippen LogP) is 5.60. The third-order valence-electron chi connectivity index (χ3n) is 7.96. The lowest BCUT2D eigenvalue weighted by molar-refractivity contribution is -0.125. The van der Waals surface area contributed by atoms with Crippen LogP contribution in [0.4, 0.5) is 0 Å². The van der Waals surface area contributed by atoms with Crippen LogP contribution >= 0.6 is 11.6 Å². The maximum atomic E-state index is 13.5. The Bertz CT molecular complexity index is 1130. The highest BCUT2D eigenvalue weighted by Crippen LogP contribution is 2.24. The summed E-state index contributed by atoms with van der Waals surface area (Å²) < 4.78 is 0. The van der Waals surface area contributed by atoms with Crippen molar-refractivity contribution in [1.82, 2.24) is 15.5 Å². The fraction of sp³-hybridized carbons (Fsp3) is 0.545. The molecule has 224 valence electrons. The van der Waals surface area contributed by atoms with Crippen LogP contribution < -0.4 is 16.4 Å². The lowest BCUT2D eigenvalue weighted by atomic mass is 9.91. The summed E-state index contributed by atoms with van der Waals surface area (Å²) in [6.45, 7) is 8.04. The van der Waals surface area contributed by atoms with E-state index in [0.29, 0.717) is 54.5 Å². The number of benzene rings is 2. The van der Waals surface area contributed by atoms with Gasteiger partial charge in [0, 0.05) is 53.8 Å². The van der Waals surface area contributed by atoms with E-state index in [9.17, 15) is 14.4 Å². The van der Waals surface area contributed by atoms with Crippen LogP contribution in [0.1, 0.15) is 92.0 Å². The number of rotatable bonds is 15. The van der Waals surface area contributed by atoms with Gasteiger partial charge >= 0.3 is 0 Å². The molecule has 4 N–H and O–H groups in total. The van der Waals surface area contributed by atoms with Crippen molar-refractivity contribution in [1.29, 1.82) is 0 Å². The van der Waals surface area contributed by atoms with Crippen molar-refractivity contribution in [2.24, 2.45) is 17.6 Å². The number of halogens is 1. The zero-order valence-corrected chi connectivity index (χ0v) is 25.6. The molecule has 0 heterocycles. The summed E-state index contributed by atoms with van der Waals surface area (Å²) >= 11 is 6.09. The monoisotopic (exact) mass is 582 g/mol. The molecule has 3 rings (SSSR count). The van der Waals surface area contributed by atoms with Crippen molar-refractivity contribution < 1.29 is 14.4 Å². The topological polar surface area (TPSA) is 105 Å². The second-order valence-electron chi connectivity index (χ2n) is 11.5. The van der Waals surface area contributed by atoms with Crippen LogP contribution in [0.15, 0.2) is 48.5 Å². The van der Waals surface area contributed by atoms with Crippen LogP contribution in [-0.2, 0) is 11.2 Å². The molecule has 8 heteroatoms. The third-order valence-corrected chi connectivity index (χ3v) is 8.21. The molecule has 3 amide bonds. The van der Waals surface area contributed by atoms with E-state index in [1.54, 1.807) is 24.3 Å². The zero-order valence-electron chi connectivity index (χ0n) is 24.8. The smallest absolute Gasteiger partial charge is 0.253 e. The SMILES string of the molecule is CCCN(CCC)C(=O)c1cccc(C(=O)N[C@@H](Cc2ccc(Cl)cc2)[C@@H](N)C[C@@H](C)C(=O)NCC2CCCC2)c1. The summed E-state index contributed by atoms with van der Waals surface area (Å²) in [5.74, 6) is -0.102. The largest absolute Gasteiger partial charge is 0.356 e. The molecule has 1 saturated carbocycles. The van der Waals surface area contributed by atoms with E-state index in [4.69, 9.17) is 17.3 Å². The Morgan fingerprint density at radius 2 is 1.63 bits per heavy atom. The standard InChI is InChI=1S/C33H47ClN4O3/c1-4-17-38(18-5-2)33(41)27-12-8-11-26(21-27)32(40)37-30(20-24-13-15-28(34)16-14-24)29(35)19-23(3)31(39)36-22-25-9-6-7-10-25/h8,11-16,21,23,25,29-30H,4-7,9-10,17-20,22,35H2,1-3H3,(H,36,39)(H,37,40)/t23-,29+,30+/m1/s1. The molecule has 1 aliphatic carbocycles. The molecule has 0 unspecified atom stereocenters. The Morgan fingerprint density at radius 1 is 1.00 bits per heavy atom. The number of nitrogens with zero attached hydrogens (tertiary/aromatic N) is 1. The van der Waals surface area contributed by atoms with E-state index in [2.05, 4.69) is 10.6 Å². The Kier molecular flexibility index (Phi) is 13.1. The summed E-state index contributed by atoms with van der Waals surface area (Å²) in [5, 5.41) is 6.84. The first kappa shape index (κ1) is 32.6. The van der Waals surface area contributed by atoms with Crippen molar-refractivity contribution >= 4 is 29.3 Å². The first-order valence-corrected chi connectivity index (χ1v) is 15.6. The number of carbonyl (C=O) groups is 3. The molecule has 0 aliphatic heterocycles. The van der Waals surface area contributed by atoms with Gasteiger partial charge in [-0.3, -0.25) is 14.4 Å². The normalized spacial score (nSPS) is 15.6. The first-order chi connectivity index (χ1) is 19.7. The lowest BCUT2D eigenvalue weighted by Crippen LogP contribution is -2.50. The first-order valence-electron chi connectivity index (χ1n) is 15.2. The minimum Gasteiger partial charge on any atom is -0.356 e. The molecule has 1 aliphatic rings. The predicted molar refractivity (Wildman–Crippen MR) is 166 cm³/mol. The van der Waals surface area contributed by atoms with Crippen molar-refractivity contribution in [3.8, 4) is 0 Å². The van der Waals surface area contributed by atoms with Crippen molar-refractivity contribution in [3.63, 3.8) is 0 Å². The van der Waals surface area contributed by atoms with E-state index in [0.717, 1.165) is 18.4 Å². The van der Waals surface area contributed by atoms with Gasteiger partial charge in [-0.15, -0.1) is 0 Å². The Balaban J connectivity index is 1.72. The highest BCUT2D eigenvalue weighted by Gasteiger charge is 2.27. The third kappa shape index (κ3) is 10.2. The number of hydrogen-bond acceptors (Lipinski definition) is 4. The van der Waals surface area contributed by atoms with Gasteiger partial charge in [0.1, 0.15) is 0 Å². The minimum atomic E-state index is -0.462. The highest BCUT2D eigenvalue weighted by molar-refractivity contribution is 6.30. The molecule has 3 atom stereocenters. The summed E-state index contributed by atoms with van der Waals surface area (Å²) in [5.41, 5.74) is 8.55. The summed E-state index contributed by atoms with van der Waals surface area (Å²) in [7, 11) is 0. The molecule has 41 heavy (non-hydrogen) atoms. The van der Waals surface area contributed by atoms with Crippen LogP contribution in [0.2, 0.25) is 5.02 Å². The van der Waals surface area contributed by atoms with Gasteiger partial charge in [0.15, 0.2) is 0 Å². The van der Waals surface area contributed by atoms with Gasteiger partial charge in [0.05, 0.1) is 0 Å². The maximum Gasteiger partial charge on any atom is 0.253 e. The average Bonchev–Trinajstić information content (AvgIpc) is 3.50. The molecular weight excluding hydrogens is 536 g/mol. The van der Waals surface area contributed by atoms with Crippen molar-refractivity contribution in [3.05, 3.63) is 70.2 Å². The van der Waals surface area contributed by atoms with Gasteiger partial charge in [-0.2, -0.15) is 0 Å². The molecule has 0 saturated heterocycles. The van der Waals surface area contributed by atoms with Gasteiger partial charge in [-0.25, -0.2) is 0 Å². The molecule has 0 bridgehead atoms. The van der Waals surface area contributed by atoms with Gasteiger partial charge in [0.2, 0.25) is 5.91 Å². The van der Waals surface area contributed by atoms with E-state index in [-0.39, 0.29) is 23.6 Å². The molecule has 2 aromatic carbocycles. The number of nitrogens with one attached hydrogen (secondary N) is 2. The second kappa shape index (κ2) is 16.5. The van der Waals surface area contributed by atoms with Crippen molar-refractivity contribution in [2.45, 2.75) is 84.2 Å². The molecule has 1 fully saturated rings. The average molecular weight is 583 g/mol. The Labute approximate surface area is 250 Å². The number of carbonyl (C=O) groups excluding carboxylic acids is 3. The van der Waals surface area contributed by atoms with Gasteiger partial charge < -0.3 is 21.3 Å². The van der Waals surface area contributed by atoms with Crippen LogP contribution in [0, 0.1) is 11.8 Å². The highest BCUT2D eigenvalue weighted by atomic mass is 35.5. The zero-order chi connectivity index (χ0) is 29.8. The van der Waals surface area contributed by atoms with Gasteiger partial charge in [-0.05, 0) is 80.3 Å². The van der Waals surface area contributed by atoms with E-state index in [1.807, 2.05) is 49.9 Å². The minimum absolute atomic E-state index is 0.00107. The van der Waals surface area contributed by atoms with Crippen LogP contribution in [0.25, 0.3) is 0 Å². The maximum absolute atomic E-state index is 13.5. The summed E-state index contributed by atoms with van der Waals surface area (Å²) in [6.07, 6.45) is 7.47. The van der Waals surface area contributed by atoms with Crippen LogP contribution in [0.3, 0.4) is 0 Å². The van der Waals surface area contributed by atoms with Gasteiger partial charge in [0.25, 0.3) is 11.8 Å². The van der Waals surface area contributed by atoms with Crippen LogP contribution in [-0.4, -0.2) is 54.3 Å². The molecule has 0 spiro atoms. The Hall–Kier alpha value is -2.90. The number of hydrogen-bond donors (Lipinski definition) is 3. The summed E-state index contributed by atoms with van der Waals surface area (Å²) in [4.78, 5) is 41.3.